The topological polar surface area (TPSA) is 56.5 Å². The second kappa shape index (κ2) is 8.03. The molecule has 2 aromatic carbocycles. The number of rotatable bonds is 6. The fraction of sp³-hybridized carbons (Fsp3) is 0.333. The first-order valence-corrected chi connectivity index (χ1v) is 10.3. The third-order valence-electron chi connectivity index (χ3n) is 5.67. The Kier molecular flexibility index (Phi) is 5.46. The number of ether oxygens (including phenoxy) is 1. The van der Waals surface area contributed by atoms with Gasteiger partial charge in [0.1, 0.15) is 11.3 Å². The van der Waals surface area contributed by atoms with E-state index in [9.17, 15) is 9.59 Å². The number of ketones is 1. The number of Topliss-reactive ketones (excluding diaryl/α,β-unsaturated/α-hetero) is 1. The number of carbonyl (C=O) groups excluding carboxylic acids is 1. The Morgan fingerprint density at radius 3 is 2.62 bits per heavy atom. The largest absolute Gasteiger partial charge is 0.483 e. The standard InChI is InChI=1S/C24H23ClO4/c1-14(26)15(2)28-18-7-9-20-21(13-24(27)29-23(20)12-18)19-8-6-17(11-22(19)25)10-16-4-3-5-16/h6-9,11-13,15-16H,3-5,10H2,1-2H3/t15-/m1/s1. The molecule has 1 saturated carbocycles. The Morgan fingerprint density at radius 2 is 1.97 bits per heavy atom. The lowest BCUT2D eigenvalue weighted by atomic mass is 9.81. The average molecular weight is 411 g/mol. The van der Waals surface area contributed by atoms with E-state index in [1.54, 1.807) is 19.1 Å². The first-order chi connectivity index (χ1) is 13.9. The molecule has 1 aliphatic carbocycles. The van der Waals surface area contributed by atoms with Gasteiger partial charge in [-0.3, -0.25) is 4.79 Å². The summed E-state index contributed by atoms with van der Waals surface area (Å²) in [5, 5.41) is 1.39. The van der Waals surface area contributed by atoms with Crippen molar-refractivity contribution in [1.29, 1.82) is 0 Å². The van der Waals surface area contributed by atoms with Crippen LogP contribution in [0, 0.1) is 5.92 Å². The van der Waals surface area contributed by atoms with Crippen LogP contribution in [0.5, 0.6) is 5.75 Å². The van der Waals surface area contributed by atoms with Gasteiger partial charge in [-0.15, -0.1) is 0 Å². The van der Waals surface area contributed by atoms with Gasteiger partial charge in [0, 0.05) is 33.7 Å². The third-order valence-corrected chi connectivity index (χ3v) is 5.99. The van der Waals surface area contributed by atoms with Gasteiger partial charge < -0.3 is 9.15 Å². The smallest absolute Gasteiger partial charge is 0.336 e. The van der Waals surface area contributed by atoms with Crippen molar-refractivity contribution in [1.82, 2.24) is 0 Å². The molecule has 0 aliphatic heterocycles. The zero-order valence-corrected chi connectivity index (χ0v) is 17.3. The Bertz CT molecular complexity index is 1130. The molecule has 3 aromatic rings. The predicted molar refractivity (Wildman–Crippen MR) is 115 cm³/mol. The van der Waals surface area contributed by atoms with E-state index in [1.165, 1.54) is 37.8 Å². The van der Waals surface area contributed by atoms with Gasteiger partial charge in [-0.1, -0.05) is 43.0 Å². The molecule has 4 rings (SSSR count). The van der Waals surface area contributed by atoms with Crippen molar-refractivity contribution in [3.05, 3.63) is 63.5 Å². The first kappa shape index (κ1) is 19.7. The lowest BCUT2D eigenvalue weighted by Gasteiger charge is -2.25. The minimum atomic E-state index is -0.569. The maximum Gasteiger partial charge on any atom is 0.336 e. The van der Waals surface area contributed by atoms with Gasteiger partial charge in [-0.25, -0.2) is 4.79 Å². The fourth-order valence-corrected chi connectivity index (χ4v) is 3.97. The van der Waals surface area contributed by atoms with Crippen LogP contribution in [0.25, 0.3) is 22.1 Å². The van der Waals surface area contributed by atoms with E-state index in [4.69, 9.17) is 20.8 Å². The van der Waals surface area contributed by atoms with Gasteiger partial charge in [0.15, 0.2) is 11.9 Å². The van der Waals surface area contributed by atoms with E-state index in [-0.39, 0.29) is 5.78 Å². The molecule has 5 heteroatoms. The summed E-state index contributed by atoms with van der Waals surface area (Å²) in [4.78, 5) is 23.6. The van der Waals surface area contributed by atoms with Crippen molar-refractivity contribution < 1.29 is 13.9 Å². The van der Waals surface area contributed by atoms with Crippen LogP contribution in [0.3, 0.4) is 0 Å². The second-order valence-electron chi connectivity index (χ2n) is 7.82. The van der Waals surface area contributed by atoms with Crippen LogP contribution in [0.4, 0.5) is 0 Å². The lowest BCUT2D eigenvalue weighted by Crippen LogP contribution is -2.20. The number of fused-ring (bicyclic) bond motifs is 1. The molecule has 1 aromatic heterocycles. The maximum atomic E-state index is 12.2. The van der Waals surface area contributed by atoms with E-state index in [1.807, 2.05) is 18.2 Å². The molecular weight excluding hydrogens is 388 g/mol. The molecule has 1 aliphatic rings. The van der Waals surface area contributed by atoms with E-state index in [0.717, 1.165) is 28.9 Å². The van der Waals surface area contributed by atoms with Gasteiger partial charge in [-0.05, 0) is 49.9 Å². The van der Waals surface area contributed by atoms with Crippen molar-refractivity contribution in [2.24, 2.45) is 5.92 Å². The van der Waals surface area contributed by atoms with Crippen molar-refractivity contribution in [3.8, 4) is 16.9 Å². The fourth-order valence-electron chi connectivity index (χ4n) is 3.66. The SMILES string of the molecule is CC(=O)[C@@H](C)Oc1ccc2c(-c3ccc(CC4CCC4)cc3Cl)cc(=O)oc2c1. The highest BCUT2D eigenvalue weighted by Crippen LogP contribution is 2.36. The van der Waals surface area contributed by atoms with E-state index in [0.29, 0.717) is 16.4 Å². The molecule has 150 valence electrons. The molecule has 1 heterocycles. The number of hydrogen-bond donors (Lipinski definition) is 0. The number of carbonyl (C=O) groups is 1. The minimum Gasteiger partial charge on any atom is -0.483 e. The van der Waals surface area contributed by atoms with Crippen LogP contribution < -0.4 is 10.4 Å². The van der Waals surface area contributed by atoms with Crippen LogP contribution in [0.1, 0.15) is 38.7 Å². The Morgan fingerprint density at radius 1 is 1.17 bits per heavy atom. The van der Waals surface area contributed by atoms with Crippen molar-refractivity contribution in [2.75, 3.05) is 0 Å². The van der Waals surface area contributed by atoms with Gasteiger partial charge in [-0.2, -0.15) is 0 Å². The highest BCUT2D eigenvalue weighted by Gasteiger charge is 2.19. The summed E-state index contributed by atoms with van der Waals surface area (Å²) in [7, 11) is 0. The molecule has 0 amide bonds. The molecule has 1 atom stereocenters. The molecule has 0 unspecified atom stereocenters. The first-order valence-electron chi connectivity index (χ1n) is 9.94. The summed E-state index contributed by atoms with van der Waals surface area (Å²) in [5.74, 6) is 1.16. The molecule has 0 N–H and O–H groups in total. The van der Waals surface area contributed by atoms with Crippen LogP contribution in [0.2, 0.25) is 5.02 Å². The number of benzene rings is 2. The van der Waals surface area contributed by atoms with Gasteiger partial charge in [0.2, 0.25) is 0 Å². The third kappa shape index (κ3) is 4.23. The van der Waals surface area contributed by atoms with Crippen LogP contribution in [-0.4, -0.2) is 11.9 Å². The van der Waals surface area contributed by atoms with Gasteiger partial charge >= 0.3 is 5.63 Å². The van der Waals surface area contributed by atoms with E-state index >= 15 is 0 Å². The monoisotopic (exact) mass is 410 g/mol. The summed E-state index contributed by atoms with van der Waals surface area (Å²) in [5.41, 5.74) is 2.69. The van der Waals surface area contributed by atoms with Crippen molar-refractivity contribution in [3.63, 3.8) is 0 Å². The zero-order valence-electron chi connectivity index (χ0n) is 16.5. The Labute approximate surface area is 174 Å². The average Bonchev–Trinajstić information content (AvgIpc) is 2.64. The van der Waals surface area contributed by atoms with Crippen molar-refractivity contribution >= 4 is 28.4 Å². The maximum absolute atomic E-state index is 12.2. The predicted octanol–water partition coefficient (Wildman–Crippen LogP) is 5.81. The quantitative estimate of drug-likeness (QED) is 0.481. The highest BCUT2D eigenvalue weighted by atomic mass is 35.5. The van der Waals surface area contributed by atoms with Gasteiger partial charge in [0.05, 0.1) is 0 Å². The molecule has 0 spiro atoms. The number of halogens is 1. The molecule has 0 saturated heterocycles. The van der Waals surface area contributed by atoms with Gasteiger partial charge in [0.25, 0.3) is 0 Å². The highest BCUT2D eigenvalue weighted by molar-refractivity contribution is 6.33. The summed E-state index contributed by atoms with van der Waals surface area (Å²) in [6.07, 6.45) is 4.37. The Balaban J connectivity index is 1.71. The molecule has 0 bridgehead atoms. The minimum absolute atomic E-state index is 0.0749. The summed E-state index contributed by atoms with van der Waals surface area (Å²) in [6, 6.07) is 12.8. The van der Waals surface area contributed by atoms with E-state index in [2.05, 4.69) is 6.07 Å². The molecular formula is C24H23ClO4. The van der Waals surface area contributed by atoms with Crippen molar-refractivity contribution in [2.45, 2.75) is 45.6 Å². The normalized spacial score (nSPS) is 15.1. The summed E-state index contributed by atoms with van der Waals surface area (Å²) < 4.78 is 11.0. The van der Waals surface area contributed by atoms with E-state index < -0.39 is 11.7 Å². The van der Waals surface area contributed by atoms with Crippen LogP contribution >= 0.6 is 11.6 Å². The van der Waals surface area contributed by atoms with Crippen LogP contribution in [0.15, 0.2) is 51.7 Å². The molecule has 1 fully saturated rings. The number of hydrogen-bond acceptors (Lipinski definition) is 4. The molecule has 0 radical (unpaired) electrons. The zero-order chi connectivity index (χ0) is 20.5. The lowest BCUT2D eigenvalue weighted by molar-refractivity contribution is -0.122. The summed E-state index contributed by atoms with van der Waals surface area (Å²) >= 11 is 6.60. The van der Waals surface area contributed by atoms with Crippen LogP contribution in [-0.2, 0) is 11.2 Å². The molecule has 29 heavy (non-hydrogen) atoms. The molecule has 4 nitrogen and oxygen atoms in total. The second-order valence-corrected chi connectivity index (χ2v) is 8.23. The Hall–Kier alpha value is -2.59. The summed E-state index contributed by atoms with van der Waals surface area (Å²) in [6.45, 7) is 3.16.